The maximum Gasteiger partial charge on any atom is 0.240 e. The number of hydrogen-bond acceptors (Lipinski definition) is 3. The number of halogens is 1. The molecule has 2 N–H and O–H groups in total. The molecule has 0 aromatic heterocycles. The molecule has 1 atom stereocenters. The fraction of sp³-hybridized carbons (Fsp3) is 0.111. The van der Waals surface area contributed by atoms with Gasteiger partial charge in [-0.3, -0.25) is 0 Å². The first-order valence-electron chi connectivity index (χ1n) is 7.38. The Kier molecular flexibility index (Phi) is 4.62. The Labute approximate surface area is 139 Å². The number of sulfonamides is 1. The van der Waals surface area contributed by atoms with Crippen molar-refractivity contribution < 1.29 is 17.9 Å². The number of hydrogen-bond donors (Lipinski definition) is 2. The van der Waals surface area contributed by atoms with E-state index in [2.05, 4.69) is 4.72 Å². The van der Waals surface area contributed by atoms with Crippen LogP contribution in [0.25, 0.3) is 10.8 Å². The fourth-order valence-electron chi connectivity index (χ4n) is 2.54. The van der Waals surface area contributed by atoms with Crippen molar-refractivity contribution in [3.63, 3.8) is 0 Å². The average molecular weight is 345 g/mol. The number of aliphatic hydroxyl groups excluding tert-OH is 1. The summed E-state index contributed by atoms with van der Waals surface area (Å²) in [5, 5.41) is 12.2. The molecule has 0 fully saturated rings. The highest BCUT2D eigenvalue weighted by atomic mass is 32.2. The van der Waals surface area contributed by atoms with Crippen molar-refractivity contribution in [3.8, 4) is 0 Å². The van der Waals surface area contributed by atoms with E-state index < -0.39 is 21.9 Å². The molecular formula is C18H16FNO3S. The zero-order valence-corrected chi connectivity index (χ0v) is 13.5. The lowest BCUT2D eigenvalue weighted by atomic mass is 10.0. The third kappa shape index (κ3) is 3.46. The second kappa shape index (κ2) is 6.68. The predicted molar refractivity (Wildman–Crippen MR) is 90.5 cm³/mol. The van der Waals surface area contributed by atoms with Crippen molar-refractivity contribution >= 4 is 20.8 Å². The second-order valence-electron chi connectivity index (χ2n) is 5.39. The van der Waals surface area contributed by atoms with Crippen LogP contribution in [0.4, 0.5) is 4.39 Å². The van der Waals surface area contributed by atoms with Crippen molar-refractivity contribution in [1.29, 1.82) is 0 Å². The van der Waals surface area contributed by atoms with Crippen molar-refractivity contribution in [2.24, 2.45) is 0 Å². The highest BCUT2D eigenvalue weighted by Gasteiger charge is 2.17. The Morgan fingerprint density at radius 3 is 2.38 bits per heavy atom. The van der Waals surface area contributed by atoms with Gasteiger partial charge in [-0.2, -0.15) is 0 Å². The normalized spacial score (nSPS) is 13.1. The lowest BCUT2D eigenvalue weighted by molar-refractivity contribution is 0.183. The van der Waals surface area contributed by atoms with E-state index in [1.54, 1.807) is 6.07 Å². The lowest BCUT2D eigenvalue weighted by Crippen LogP contribution is -2.28. The van der Waals surface area contributed by atoms with E-state index in [9.17, 15) is 17.9 Å². The number of fused-ring (bicyclic) bond motifs is 1. The van der Waals surface area contributed by atoms with Crippen LogP contribution in [0, 0.1) is 5.82 Å². The highest BCUT2D eigenvalue weighted by Crippen LogP contribution is 2.24. The molecule has 6 heteroatoms. The van der Waals surface area contributed by atoms with Crippen LogP contribution in [0.15, 0.2) is 71.6 Å². The van der Waals surface area contributed by atoms with Crippen molar-refractivity contribution in [1.82, 2.24) is 4.72 Å². The summed E-state index contributed by atoms with van der Waals surface area (Å²) in [6.07, 6.45) is -0.994. The summed E-state index contributed by atoms with van der Waals surface area (Å²) in [7, 11) is -3.81. The largest absolute Gasteiger partial charge is 0.387 e. The zero-order valence-electron chi connectivity index (χ0n) is 12.7. The van der Waals surface area contributed by atoms with E-state index >= 15 is 0 Å². The standard InChI is InChI=1S/C18H16FNO3S/c19-14-8-10-15(11-9-14)24(22,23)20-12-18(21)17-7-3-5-13-4-1-2-6-16(13)17/h1-11,18,20-21H,12H2. The van der Waals surface area contributed by atoms with Gasteiger partial charge in [0, 0.05) is 6.54 Å². The molecule has 0 saturated carbocycles. The van der Waals surface area contributed by atoms with Gasteiger partial charge in [0.05, 0.1) is 11.0 Å². The van der Waals surface area contributed by atoms with Gasteiger partial charge in [0.1, 0.15) is 5.82 Å². The SMILES string of the molecule is O=S(=O)(NCC(O)c1cccc2ccccc12)c1ccc(F)cc1. The topological polar surface area (TPSA) is 66.4 Å². The first-order valence-corrected chi connectivity index (χ1v) is 8.87. The monoisotopic (exact) mass is 345 g/mol. The molecule has 0 aliphatic carbocycles. The van der Waals surface area contributed by atoms with Crippen LogP contribution in [0.5, 0.6) is 0 Å². The van der Waals surface area contributed by atoms with Crippen molar-refractivity contribution in [3.05, 3.63) is 78.1 Å². The molecule has 0 saturated heterocycles. The molecule has 0 amide bonds. The number of rotatable bonds is 5. The summed E-state index contributed by atoms with van der Waals surface area (Å²) in [6, 6.07) is 17.6. The van der Waals surface area contributed by atoms with Crippen molar-refractivity contribution in [2.45, 2.75) is 11.0 Å². The highest BCUT2D eigenvalue weighted by molar-refractivity contribution is 7.89. The smallest absolute Gasteiger partial charge is 0.240 e. The van der Waals surface area contributed by atoms with Gasteiger partial charge in [-0.25, -0.2) is 17.5 Å². The molecule has 24 heavy (non-hydrogen) atoms. The van der Waals surface area contributed by atoms with Crippen LogP contribution in [-0.2, 0) is 10.0 Å². The number of aliphatic hydroxyl groups is 1. The van der Waals surface area contributed by atoms with Crippen LogP contribution in [-0.4, -0.2) is 20.1 Å². The van der Waals surface area contributed by atoms with E-state index in [0.717, 1.165) is 22.9 Å². The summed E-state index contributed by atoms with van der Waals surface area (Å²) >= 11 is 0. The van der Waals surface area contributed by atoms with Crippen LogP contribution < -0.4 is 4.72 Å². The third-order valence-electron chi connectivity index (χ3n) is 3.77. The Morgan fingerprint density at radius 2 is 1.62 bits per heavy atom. The summed E-state index contributed by atoms with van der Waals surface area (Å²) < 4.78 is 39.7. The van der Waals surface area contributed by atoms with Crippen LogP contribution >= 0.6 is 0 Å². The predicted octanol–water partition coefficient (Wildman–Crippen LogP) is 2.99. The van der Waals surface area contributed by atoms with Gasteiger partial charge in [-0.15, -0.1) is 0 Å². The Bertz CT molecular complexity index is 950. The van der Waals surface area contributed by atoms with Gasteiger partial charge >= 0.3 is 0 Å². The molecule has 0 aliphatic heterocycles. The molecule has 124 valence electrons. The van der Waals surface area contributed by atoms with Gasteiger partial charge in [0.2, 0.25) is 10.0 Å². The minimum atomic E-state index is -3.81. The van der Waals surface area contributed by atoms with Crippen molar-refractivity contribution in [2.75, 3.05) is 6.54 Å². The molecule has 0 aliphatic rings. The van der Waals surface area contributed by atoms with E-state index in [-0.39, 0.29) is 11.4 Å². The van der Waals surface area contributed by atoms with Gasteiger partial charge < -0.3 is 5.11 Å². The average Bonchev–Trinajstić information content (AvgIpc) is 2.59. The summed E-state index contributed by atoms with van der Waals surface area (Å²) in [5.74, 6) is -0.509. The van der Waals surface area contributed by atoms with Gasteiger partial charge in [0.15, 0.2) is 0 Å². The number of nitrogens with one attached hydrogen (secondary N) is 1. The maximum absolute atomic E-state index is 12.9. The minimum absolute atomic E-state index is 0.0472. The molecule has 0 spiro atoms. The molecule has 1 unspecified atom stereocenters. The molecule has 0 radical (unpaired) electrons. The molecule has 3 rings (SSSR count). The zero-order chi connectivity index (χ0) is 17.2. The summed E-state index contributed by atoms with van der Waals surface area (Å²) in [5.41, 5.74) is 0.648. The molecular weight excluding hydrogens is 329 g/mol. The van der Waals surface area contributed by atoms with E-state index in [0.29, 0.717) is 5.56 Å². The molecule has 0 bridgehead atoms. The maximum atomic E-state index is 12.9. The molecule has 0 heterocycles. The van der Waals surface area contributed by atoms with Gasteiger partial charge in [-0.05, 0) is 40.6 Å². The fourth-order valence-corrected chi connectivity index (χ4v) is 3.58. The first-order chi connectivity index (χ1) is 11.5. The van der Waals surface area contributed by atoms with Crippen LogP contribution in [0.1, 0.15) is 11.7 Å². The van der Waals surface area contributed by atoms with Crippen LogP contribution in [0.2, 0.25) is 0 Å². The quantitative estimate of drug-likeness (QED) is 0.747. The van der Waals surface area contributed by atoms with E-state index in [1.165, 1.54) is 12.1 Å². The molecule has 3 aromatic carbocycles. The second-order valence-corrected chi connectivity index (χ2v) is 7.16. The van der Waals surface area contributed by atoms with Gasteiger partial charge in [0.25, 0.3) is 0 Å². The van der Waals surface area contributed by atoms with E-state index in [4.69, 9.17) is 0 Å². The third-order valence-corrected chi connectivity index (χ3v) is 5.21. The van der Waals surface area contributed by atoms with Gasteiger partial charge in [-0.1, -0.05) is 42.5 Å². The van der Waals surface area contributed by atoms with Crippen LogP contribution in [0.3, 0.4) is 0 Å². The minimum Gasteiger partial charge on any atom is -0.387 e. The summed E-state index contributed by atoms with van der Waals surface area (Å²) in [6.45, 7) is -0.173. The first kappa shape index (κ1) is 16.6. The molecule has 3 aromatic rings. The number of benzene rings is 3. The molecule has 4 nitrogen and oxygen atoms in total. The lowest BCUT2D eigenvalue weighted by Gasteiger charge is -2.15. The van der Waals surface area contributed by atoms with E-state index in [1.807, 2.05) is 36.4 Å². The Hall–Kier alpha value is -2.28. The Balaban J connectivity index is 1.79. The summed E-state index contributed by atoms with van der Waals surface area (Å²) in [4.78, 5) is -0.0472. The Morgan fingerprint density at radius 1 is 0.958 bits per heavy atom.